The van der Waals surface area contributed by atoms with E-state index in [4.69, 9.17) is 4.84 Å². The van der Waals surface area contributed by atoms with E-state index in [2.05, 4.69) is 0 Å². The number of hydrogen-bond acceptors (Lipinski definition) is 6. The van der Waals surface area contributed by atoms with Crippen molar-refractivity contribution in [2.45, 2.75) is 25.2 Å². The maximum absolute atomic E-state index is 12.8. The molecule has 4 rings (SSSR count). The van der Waals surface area contributed by atoms with E-state index in [1.54, 1.807) is 6.92 Å². The number of para-hydroxylation sites is 1. The van der Waals surface area contributed by atoms with Gasteiger partial charge < -0.3 is 19.5 Å². The summed E-state index contributed by atoms with van der Waals surface area (Å²) in [5.74, 6) is -0.632. The number of piperazine rings is 2. The Morgan fingerprint density at radius 3 is 2.44 bits per heavy atom. The summed E-state index contributed by atoms with van der Waals surface area (Å²) >= 11 is 0. The van der Waals surface area contributed by atoms with Gasteiger partial charge in [0.15, 0.2) is 0 Å². The summed E-state index contributed by atoms with van der Waals surface area (Å²) in [5, 5.41) is 0.482. The van der Waals surface area contributed by atoms with Gasteiger partial charge in [-0.3, -0.25) is 9.69 Å². The number of carbonyl (C=O) groups excluding carboxylic acids is 3. The van der Waals surface area contributed by atoms with Crippen LogP contribution in [-0.2, 0) is 9.63 Å². The zero-order valence-electron chi connectivity index (χ0n) is 17.5. The number of nitrogens with zero attached hydrogens (tertiary/aromatic N) is 5. The highest BCUT2D eigenvalue weighted by Gasteiger charge is 2.51. The number of alkyl halides is 3. The second-order valence-corrected chi connectivity index (χ2v) is 8.16. The number of fused-ring (bicyclic) bond motifs is 1. The second-order valence-electron chi connectivity index (χ2n) is 8.16. The van der Waals surface area contributed by atoms with E-state index < -0.39 is 42.8 Å². The van der Waals surface area contributed by atoms with Crippen molar-refractivity contribution in [3.63, 3.8) is 0 Å². The normalized spacial score (nSPS) is 24.8. The van der Waals surface area contributed by atoms with Crippen molar-refractivity contribution in [1.82, 2.24) is 19.8 Å². The molecule has 1 unspecified atom stereocenters. The molecule has 3 fully saturated rings. The summed E-state index contributed by atoms with van der Waals surface area (Å²) in [5.41, 5.74) is 0.924. The van der Waals surface area contributed by atoms with Crippen LogP contribution in [0.15, 0.2) is 30.3 Å². The van der Waals surface area contributed by atoms with Gasteiger partial charge in [0.05, 0.1) is 6.54 Å². The molecule has 32 heavy (non-hydrogen) atoms. The van der Waals surface area contributed by atoms with Crippen LogP contribution in [0.25, 0.3) is 0 Å². The van der Waals surface area contributed by atoms with E-state index >= 15 is 0 Å². The number of carbonyl (C=O) groups is 3. The Hall–Kier alpha value is -3.02. The summed E-state index contributed by atoms with van der Waals surface area (Å²) < 4.78 is 37.9. The van der Waals surface area contributed by atoms with Gasteiger partial charge in [0.2, 0.25) is 0 Å². The lowest BCUT2D eigenvalue weighted by Crippen LogP contribution is -2.56. The van der Waals surface area contributed by atoms with Gasteiger partial charge in [0.25, 0.3) is 5.91 Å². The Morgan fingerprint density at radius 1 is 1.06 bits per heavy atom. The van der Waals surface area contributed by atoms with Crippen LogP contribution < -0.4 is 4.90 Å². The third-order valence-corrected chi connectivity index (χ3v) is 5.92. The van der Waals surface area contributed by atoms with E-state index in [-0.39, 0.29) is 26.2 Å². The van der Waals surface area contributed by atoms with Gasteiger partial charge in [-0.15, -0.1) is 0 Å². The molecule has 0 radical (unpaired) electrons. The van der Waals surface area contributed by atoms with Crippen molar-refractivity contribution < 1.29 is 32.4 Å². The third kappa shape index (κ3) is 4.45. The number of urea groups is 1. The van der Waals surface area contributed by atoms with Crippen LogP contribution in [0.5, 0.6) is 0 Å². The van der Waals surface area contributed by atoms with Crippen molar-refractivity contribution in [3.05, 3.63) is 30.3 Å². The van der Waals surface area contributed by atoms with E-state index in [0.717, 1.165) is 5.69 Å². The molecule has 0 aromatic heterocycles. The highest BCUT2D eigenvalue weighted by molar-refractivity contribution is 6.04. The van der Waals surface area contributed by atoms with E-state index in [1.807, 2.05) is 35.2 Å². The van der Waals surface area contributed by atoms with Gasteiger partial charge in [-0.05, 0) is 19.1 Å². The van der Waals surface area contributed by atoms with Crippen molar-refractivity contribution in [2.24, 2.45) is 0 Å². The molecule has 12 heteroatoms. The Balaban J connectivity index is 1.37. The molecule has 3 saturated heterocycles. The number of anilines is 1. The van der Waals surface area contributed by atoms with Gasteiger partial charge in [-0.1, -0.05) is 23.3 Å². The van der Waals surface area contributed by atoms with Crippen LogP contribution in [0, 0.1) is 0 Å². The van der Waals surface area contributed by atoms with Crippen molar-refractivity contribution in [1.29, 1.82) is 0 Å². The van der Waals surface area contributed by atoms with Crippen LogP contribution >= 0.6 is 0 Å². The molecule has 3 heterocycles. The van der Waals surface area contributed by atoms with Crippen LogP contribution in [0.2, 0.25) is 0 Å². The number of hydroxylamine groups is 2. The molecule has 0 aliphatic carbocycles. The number of imide groups is 1. The molecule has 1 aromatic rings. The van der Waals surface area contributed by atoms with E-state index in [1.165, 1.54) is 14.7 Å². The first-order valence-electron chi connectivity index (χ1n) is 10.4. The Bertz CT molecular complexity index is 884. The van der Waals surface area contributed by atoms with E-state index in [9.17, 15) is 27.6 Å². The number of hydrogen-bond donors (Lipinski definition) is 0. The number of benzene rings is 1. The molecule has 0 bridgehead atoms. The molecule has 3 aliphatic heterocycles. The van der Waals surface area contributed by atoms with Gasteiger partial charge in [-0.25, -0.2) is 9.59 Å². The average molecular weight is 455 g/mol. The van der Waals surface area contributed by atoms with Crippen LogP contribution in [-0.4, -0.2) is 102 Å². The minimum atomic E-state index is -4.32. The monoisotopic (exact) mass is 455 g/mol. The smallest absolute Gasteiger partial charge is 0.367 e. The molecule has 0 N–H and O–H groups in total. The molecule has 1 aromatic carbocycles. The van der Waals surface area contributed by atoms with Gasteiger partial charge in [0.1, 0.15) is 6.04 Å². The summed E-state index contributed by atoms with van der Waals surface area (Å²) in [6.07, 6.45) is -5.25. The molecule has 9 nitrogen and oxygen atoms in total. The minimum Gasteiger partial charge on any atom is -0.367 e. The Labute approximate surface area is 182 Å². The number of amides is 4. The summed E-state index contributed by atoms with van der Waals surface area (Å²) in [6, 6.07) is 7.43. The highest BCUT2D eigenvalue weighted by atomic mass is 19.4. The standard InChI is InChI=1S/C20H24F3N5O4/c1-14-11-24(13-20(21,22)23)7-9-26(14)19(31)32-28-17(29)16-12-25(8-10-27(16)18(28)30)15-5-3-2-4-6-15/h2-6,14,16H,7-13H2,1H3/t14-,16?/m0/s1. The number of halogens is 3. The maximum atomic E-state index is 12.8. The number of rotatable bonds is 3. The van der Waals surface area contributed by atoms with E-state index in [0.29, 0.717) is 18.2 Å². The highest BCUT2D eigenvalue weighted by Crippen LogP contribution is 2.26. The first-order valence-corrected chi connectivity index (χ1v) is 10.4. The molecule has 174 valence electrons. The Kier molecular flexibility index (Phi) is 5.89. The predicted octanol–water partition coefficient (Wildman–Crippen LogP) is 1.76. The fourth-order valence-electron chi connectivity index (χ4n) is 4.36. The van der Waals surface area contributed by atoms with Crippen molar-refractivity contribution >= 4 is 23.7 Å². The minimum absolute atomic E-state index is 0.00122. The SMILES string of the molecule is C[C@H]1CN(CC(F)(F)F)CCN1C(=O)ON1C(=O)C2CN(c3ccccc3)CCN2C1=O. The zero-order chi connectivity index (χ0) is 23.0. The first-order chi connectivity index (χ1) is 15.1. The lowest BCUT2D eigenvalue weighted by atomic mass is 10.1. The van der Waals surface area contributed by atoms with Crippen molar-refractivity contribution in [3.8, 4) is 0 Å². The Morgan fingerprint density at radius 2 is 1.78 bits per heavy atom. The molecule has 4 amide bonds. The van der Waals surface area contributed by atoms with Gasteiger partial charge >= 0.3 is 18.3 Å². The fourth-order valence-corrected chi connectivity index (χ4v) is 4.36. The largest absolute Gasteiger partial charge is 0.435 e. The fraction of sp³-hybridized carbons (Fsp3) is 0.550. The molecular formula is C20H24F3N5O4. The lowest BCUT2D eigenvalue weighted by Gasteiger charge is -2.39. The summed E-state index contributed by atoms with van der Waals surface area (Å²) in [7, 11) is 0. The quantitative estimate of drug-likeness (QED) is 0.647. The average Bonchev–Trinajstić information content (AvgIpc) is 2.97. The third-order valence-electron chi connectivity index (χ3n) is 5.92. The lowest BCUT2D eigenvalue weighted by molar-refractivity contribution is -0.157. The van der Waals surface area contributed by atoms with Crippen LogP contribution in [0.4, 0.5) is 28.4 Å². The van der Waals surface area contributed by atoms with Crippen LogP contribution in [0.1, 0.15) is 6.92 Å². The topological polar surface area (TPSA) is 76.6 Å². The van der Waals surface area contributed by atoms with Crippen molar-refractivity contribution in [2.75, 3.05) is 50.7 Å². The predicted molar refractivity (Wildman–Crippen MR) is 107 cm³/mol. The summed E-state index contributed by atoms with van der Waals surface area (Å²) in [6.45, 7) is 1.66. The molecule has 0 spiro atoms. The molecule has 0 saturated carbocycles. The maximum Gasteiger partial charge on any atom is 0.435 e. The molecule has 2 atom stereocenters. The van der Waals surface area contributed by atoms with Gasteiger partial charge in [0, 0.05) is 51.0 Å². The van der Waals surface area contributed by atoms with Gasteiger partial charge in [-0.2, -0.15) is 13.2 Å². The summed E-state index contributed by atoms with van der Waals surface area (Å²) in [4.78, 5) is 49.1. The molecule has 3 aliphatic rings. The molecular weight excluding hydrogens is 431 g/mol. The zero-order valence-corrected chi connectivity index (χ0v) is 17.5. The van der Waals surface area contributed by atoms with Crippen LogP contribution in [0.3, 0.4) is 0 Å². The second kappa shape index (κ2) is 8.49. The first kappa shape index (κ1) is 22.2.